The third-order valence-electron chi connectivity index (χ3n) is 3.48. The Morgan fingerprint density at radius 2 is 2.19 bits per heavy atom. The number of amides is 1. The van der Waals surface area contributed by atoms with Gasteiger partial charge in [-0.05, 0) is 37.4 Å². The minimum absolute atomic E-state index is 0.118. The number of benzene rings is 1. The van der Waals surface area contributed by atoms with E-state index in [0.717, 1.165) is 19.4 Å². The Balaban J connectivity index is 2.01. The highest BCUT2D eigenvalue weighted by molar-refractivity contribution is 5.96. The van der Waals surface area contributed by atoms with Crippen molar-refractivity contribution in [2.24, 2.45) is 5.92 Å². The van der Waals surface area contributed by atoms with Crippen LogP contribution in [-0.4, -0.2) is 36.2 Å². The molecule has 0 radical (unpaired) electrons. The van der Waals surface area contributed by atoms with Crippen LogP contribution in [0.5, 0.6) is 5.75 Å². The molecule has 1 aromatic carbocycles. The van der Waals surface area contributed by atoms with E-state index in [1.54, 1.807) is 24.3 Å². The van der Waals surface area contributed by atoms with Gasteiger partial charge in [0, 0.05) is 0 Å². The van der Waals surface area contributed by atoms with Gasteiger partial charge >= 0.3 is 5.97 Å². The average Bonchev–Trinajstić information content (AvgIpc) is 2.46. The molecule has 0 aromatic heterocycles. The average molecular weight is 292 g/mol. The van der Waals surface area contributed by atoms with Crippen molar-refractivity contribution in [1.29, 1.82) is 0 Å². The van der Waals surface area contributed by atoms with E-state index in [1.165, 1.54) is 0 Å². The predicted octanol–water partition coefficient (Wildman–Crippen LogP) is 1.48. The molecule has 1 aliphatic heterocycles. The molecular weight excluding hydrogens is 272 g/mol. The van der Waals surface area contributed by atoms with Crippen molar-refractivity contribution < 1.29 is 19.4 Å². The second kappa shape index (κ2) is 7.08. The number of rotatable bonds is 5. The Morgan fingerprint density at radius 3 is 2.90 bits per heavy atom. The Labute approximate surface area is 123 Å². The van der Waals surface area contributed by atoms with Gasteiger partial charge in [-0.15, -0.1) is 0 Å². The maximum Gasteiger partial charge on any atom is 0.341 e. The highest BCUT2D eigenvalue weighted by Crippen LogP contribution is 2.24. The second-order valence-corrected chi connectivity index (χ2v) is 5.30. The molecule has 6 heteroatoms. The lowest BCUT2D eigenvalue weighted by Gasteiger charge is -2.27. The highest BCUT2D eigenvalue weighted by atomic mass is 16.5. The third kappa shape index (κ3) is 4.46. The Kier molecular flexibility index (Phi) is 5.16. The van der Waals surface area contributed by atoms with Gasteiger partial charge in [0.2, 0.25) is 5.91 Å². The van der Waals surface area contributed by atoms with Crippen molar-refractivity contribution in [3.63, 3.8) is 0 Å². The molecule has 0 aliphatic carbocycles. The van der Waals surface area contributed by atoms with Crippen LogP contribution in [0.15, 0.2) is 24.3 Å². The van der Waals surface area contributed by atoms with Gasteiger partial charge in [-0.25, -0.2) is 4.79 Å². The van der Waals surface area contributed by atoms with Crippen LogP contribution in [0.1, 0.15) is 19.8 Å². The number of carbonyl (C=O) groups is 2. The normalized spacial score (nSPS) is 21.6. The van der Waals surface area contributed by atoms with Gasteiger partial charge in [0.05, 0.1) is 11.7 Å². The van der Waals surface area contributed by atoms with Crippen LogP contribution < -0.4 is 15.4 Å². The summed E-state index contributed by atoms with van der Waals surface area (Å²) in [6, 6.07) is 6.60. The predicted molar refractivity (Wildman–Crippen MR) is 78.4 cm³/mol. The molecule has 0 saturated carbocycles. The number of anilines is 1. The van der Waals surface area contributed by atoms with Crippen LogP contribution in [-0.2, 0) is 9.59 Å². The highest BCUT2D eigenvalue weighted by Gasteiger charge is 2.25. The molecule has 2 atom stereocenters. The first-order valence-corrected chi connectivity index (χ1v) is 7.04. The van der Waals surface area contributed by atoms with E-state index in [2.05, 4.69) is 17.6 Å². The van der Waals surface area contributed by atoms with Crippen LogP contribution in [0.2, 0.25) is 0 Å². The molecule has 6 nitrogen and oxygen atoms in total. The fourth-order valence-corrected chi connectivity index (χ4v) is 2.36. The number of carboxylic acid groups (broad SMARTS) is 1. The van der Waals surface area contributed by atoms with Crippen LogP contribution >= 0.6 is 0 Å². The Morgan fingerprint density at radius 1 is 1.43 bits per heavy atom. The number of aliphatic carboxylic acids is 1. The lowest BCUT2D eigenvalue weighted by atomic mass is 9.94. The summed E-state index contributed by atoms with van der Waals surface area (Å²) in [7, 11) is 0. The first kappa shape index (κ1) is 15.3. The van der Waals surface area contributed by atoms with E-state index in [-0.39, 0.29) is 11.9 Å². The molecule has 21 heavy (non-hydrogen) atoms. The number of hydrogen-bond donors (Lipinski definition) is 3. The molecule has 1 fully saturated rings. The maximum absolute atomic E-state index is 12.3. The van der Waals surface area contributed by atoms with E-state index in [4.69, 9.17) is 9.84 Å². The molecule has 0 bridgehead atoms. The number of carboxylic acids is 1. The zero-order chi connectivity index (χ0) is 15.2. The molecule has 114 valence electrons. The van der Waals surface area contributed by atoms with Crippen molar-refractivity contribution in [3.05, 3.63) is 24.3 Å². The number of para-hydroxylation sites is 2. The first-order valence-electron chi connectivity index (χ1n) is 7.04. The minimum atomic E-state index is -1.06. The van der Waals surface area contributed by atoms with Crippen molar-refractivity contribution in [2.75, 3.05) is 18.5 Å². The van der Waals surface area contributed by atoms with Gasteiger partial charge in [-0.2, -0.15) is 0 Å². The van der Waals surface area contributed by atoms with Gasteiger partial charge in [-0.1, -0.05) is 19.1 Å². The summed E-state index contributed by atoms with van der Waals surface area (Å²) in [5, 5.41) is 14.7. The smallest absolute Gasteiger partial charge is 0.341 e. The number of carbonyl (C=O) groups excluding carboxylic acids is 1. The summed E-state index contributed by atoms with van der Waals surface area (Å²) in [5.74, 6) is -0.301. The third-order valence-corrected chi connectivity index (χ3v) is 3.48. The summed E-state index contributed by atoms with van der Waals surface area (Å²) in [4.78, 5) is 22.8. The molecule has 3 N–H and O–H groups in total. The largest absolute Gasteiger partial charge is 0.480 e. The zero-order valence-electron chi connectivity index (χ0n) is 12.0. The summed E-state index contributed by atoms with van der Waals surface area (Å²) >= 11 is 0. The Bertz CT molecular complexity index is 518. The molecule has 2 rings (SSSR count). The zero-order valence-corrected chi connectivity index (χ0v) is 12.0. The van der Waals surface area contributed by atoms with E-state index in [9.17, 15) is 9.59 Å². The van der Waals surface area contributed by atoms with E-state index in [0.29, 0.717) is 17.4 Å². The van der Waals surface area contributed by atoms with Crippen LogP contribution in [0.4, 0.5) is 5.69 Å². The molecule has 0 spiro atoms. The summed E-state index contributed by atoms with van der Waals surface area (Å²) in [5.41, 5.74) is 0.490. The number of piperidine rings is 1. The van der Waals surface area contributed by atoms with Crippen molar-refractivity contribution in [3.8, 4) is 5.75 Å². The quantitative estimate of drug-likeness (QED) is 0.765. The van der Waals surface area contributed by atoms with E-state index < -0.39 is 12.6 Å². The fourth-order valence-electron chi connectivity index (χ4n) is 2.36. The van der Waals surface area contributed by atoms with Crippen LogP contribution in [0.3, 0.4) is 0 Å². The van der Waals surface area contributed by atoms with Crippen LogP contribution in [0.25, 0.3) is 0 Å². The molecule has 1 heterocycles. The summed E-state index contributed by atoms with van der Waals surface area (Å²) in [6.45, 7) is 2.52. The summed E-state index contributed by atoms with van der Waals surface area (Å²) < 4.78 is 5.17. The number of hydrogen-bond acceptors (Lipinski definition) is 4. The van der Waals surface area contributed by atoms with Crippen molar-refractivity contribution >= 4 is 17.6 Å². The minimum Gasteiger partial charge on any atom is -0.480 e. The molecule has 1 saturated heterocycles. The van der Waals surface area contributed by atoms with Gasteiger partial charge in [0.25, 0.3) is 0 Å². The van der Waals surface area contributed by atoms with Crippen LogP contribution in [0, 0.1) is 5.92 Å². The molecule has 2 unspecified atom stereocenters. The van der Waals surface area contributed by atoms with Gasteiger partial charge in [0.1, 0.15) is 5.75 Å². The second-order valence-electron chi connectivity index (χ2n) is 5.30. The van der Waals surface area contributed by atoms with Gasteiger partial charge in [-0.3, -0.25) is 4.79 Å². The first-order chi connectivity index (χ1) is 10.1. The molecule has 1 aromatic rings. The Hall–Kier alpha value is -2.08. The number of nitrogens with one attached hydrogen (secondary N) is 2. The molecule has 1 amide bonds. The maximum atomic E-state index is 12.3. The van der Waals surface area contributed by atoms with Gasteiger partial charge < -0.3 is 20.5 Å². The van der Waals surface area contributed by atoms with E-state index in [1.807, 2.05) is 0 Å². The van der Waals surface area contributed by atoms with Crippen molar-refractivity contribution in [1.82, 2.24) is 5.32 Å². The monoisotopic (exact) mass is 292 g/mol. The molecular formula is C15H20N2O4. The van der Waals surface area contributed by atoms with Gasteiger partial charge in [0.15, 0.2) is 6.61 Å². The van der Waals surface area contributed by atoms with E-state index >= 15 is 0 Å². The number of ether oxygens (including phenoxy) is 1. The lowest BCUT2D eigenvalue weighted by molar-refractivity contribution is -0.139. The summed E-state index contributed by atoms with van der Waals surface area (Å²) in [6.07, 6.45) is 1.87. The fraction of sp³-hybridized carbons (Fsp3) is 0.467. The molecule has 1 aliphatic rings. The SMILES string of the molecule is CC1CCNC(C(=O)Nc2ccccc2OCC(=O)O)C1. The standard InChI is InChI=1S/C15H20N2O4/c1-10-6-7-16-12(8-10)15(20)17-11-4-2-3-5-13(11)21-9-14(18)19/h2-5,10,12,16H,6-9H2,1H3,(H,17,20)(H,18,19). The topological polar surface area (TPSA) is 87.7 Å². The van der Waals surface area contributed by atoms with Crippen molar-refractivity contribution in [2.45, 2.75) is 25.8 Å². The lowest BCUT2D eigenvalue weighted by Crippen LogP contribution is -2.45.